The average molecular weight is 199 g/mol. The van der Waals surface area contributed by atoms with Gasteiger partial charge in [0.15, 0.2) is 5.78 Å². The number of carbonyl (C=O) groups is 1. The van der Waals surface area contributed by atoms with Crippen molar-refractivity contribution in [2.45, 2.75) is 54.0 Å². The van der Waals surface area contributed by atoms with E-state index in [0.29, 0.717) is 5.78 Å². The highest BCUT2D eigenvalue weighted by molar-refractivity contribution is 5.88. The number of rotatable bonds is 5. The molecule has 0 saturated carbocycles. The first-order valence-corrected chi connectivity index (χ1v) is 5.66. The molecule has 0 N–H and O–H groups in total. The Labute approximate surface area is 88.7 Å². The SMILES string of the molecule is CC[C@@H](C(=O)C(C)(C)C)N(CC)CC. The summed E-state index contributed by atoms with van der Waals surface area (Å²) in [7, 11) is 0. The van der Waals surface area contributed by atoms with Gasteiger partial charge in [-0.25, -0.2) is 0 Å². The minimum atomic E-state index is -0.219. The Kier molecular flexibility index (Phi) is 5.35. The van der Waals surface area contributed by atoms with E-state index in [-0.39, 0.29) is 11.5 Å². The first kappa shape index (κ1) is 13.6. The van der Waals surface area contributed by atoms with Crippen molar-refractivity contribution in [3.8, 4) is 0 Å². The summed E-state index contributed by atoms with van der Waals surface area (Å²) in [6.07, 6.45) is 0.914. The summed E-state index contributed by atoms with van der Waals surface area (Å²) in [5.41, 5.74) is -0.219. The lowest BCUT2D eigenvalue weighted by molar-refractivity contribution is -0.131. The Morgan fingerprint density at radius 1 is 1.14 bits per heavy atom. The molecule has 0 rings (SSSR count). The van der Waals surface area contributed by atoms with E-state index in [1.807, 2.05) is 20.8 Å². The molecule has 1 atom stereocenters. The van der Waals surface area contributed by atoms with Gasteiger partial charge in [-0.05, 0) is 19.5 Å². The number of likely N-dealkylation sites (N-methyl/N-ethyl adjacent to an activating group) is 1. The van der Waals surface area contributed by atoms with Crippen LogP contribution in [0.4, 0.5) is 0 Å². The van der Waals surface area contributed by atoms with Crippen molar-refractivity contribution in [1.29, 1.82) is 0 Å². The third-order valence-corrected chi connectivity index (χ3v) is 2.68. The smallest absolute Gasteiger partial charge is 0.155 e. The Hall–Kier alpha value is -0.370. The summed E-state index contributed by atoms with van der Waals surface area (Å²) in [6.45, 7) is 14.2. The van der Waals surface area contributed by atoms with E-state index >= 15 is 0 Å². The highest BCUT2D eigenvalue weighted by Gasteiger charge is 2.31. The van der Waals surface area contributed by atoms with Gasteiger partial charge in [-0.1, -0.05) is 41.5 Å². The van der Waals surface area contributed by atoms with Gasteiger partial charge in [-0.3, -0.25) is 9.69 Å². The predicted octanol–water partition coefficient (Wildman–Crippen LogP) is 2.72. The van der Waals surface area contributed by atoms with Gasteiger partial charge in [0.25, 0.3) is 0 Å². The average Bonchev–Trinajstić information content (AvgIpc) is 2.11. The molecule has 2 heteroatoms. The summed E-state index contributed by atoms with van der Waals surface area (Å²) < 4.78 is 0. The van der Waals surface area contributed by atoms with Gasteiger partial charge in [0.2, 0.25) is 0 Å². The second kappa shape index (κ2) is 5.50. The zero-order valence-electron chi connectivity index (χ0n) is 10.6. The minimum absolute atomic E-state index is 0.102. The van der Waals surface area contributed by atoms with Gasteiger partial charge in [-0.15, -0.1) is 0 Å². The van der Waals surface area contributed by atoms with Crippen LogP contribution >= 0.6 is 0 Å². The minimum Gasteiger partial charge on any atom is -0.297 e. The van der Waals surface area contributed by atoms with Crippen LogP contribution < -0.4 is 0 Å². The molecule has 0 aromatic carbocycles. The molecule has 84 valence electrons. The lowest BCUT2D eigenvalue weighted by Crippen LogP contribution is -2.45. The summed E-state index contributed by atoms with van der Waals surface area (Å²) in [4.78, 5) is 14.4. The molecule has 0 spiro atoms. The molecular weight excluding hydrogens is 174 g/mol. The number of ketones is 1. The number of nitrogens with zero attached hydrogens (tertiary/aromatic N) is 1. The van der Waals surface area contributed by atoms with Gasteiger partial charge in [0.1, 0.15) is 0 Å². The van der Waals surface area contributed by atoms with Gasteiger partial charge >= 0.3 is 0 Å². The molecule has 2 nitrogen and oxygen atoms in total. The van der Waals surface area contributed by atoms with E-state index in [4.69, 9.17) is 0 Å². The molecule has 0 radical (unpaired) electrons. The molecule has 0 bridgehead atoms. The van der Waals surface area contributed by atoms with Crippen LogP contribution in [0.3, 0.4) is 0 Å². The number of hydrogen-bond donors (Lipinski definition) is 0. The van der Waals surface area contributed by atoms with Gasteiger partial charge in [-0.2, -0.15) is 0 Å². The third kappa shape index (κ3) is 3.41. The Balaban J connectivity index is 4.63. The van der Waals surface area contributed by atoms with Crippen LogP contribution in [0.2, 0.25) is 0 Å². The third-order valence-electron chi connectivity index (χ3n) is 2.68. The summed E-state index contributed by atoms with van der Waals surface area (Å²) in [5, 5.41) is 0. The molecular formula is C12H25NO. The lowest BCUT2D eigenvalue weighted by Gasteiger charge is -2.32. The maximum Gasteiger partial charge on any atom is 0.155 e. The fourth-order valence-corrected chi connectivity index (χ4v) is 1.77. The van der Waals surface area contributed by atoms with Crippen LogP contribution in [0.1, 0.15) is 48.0 Å². The molecule has 0 heterocycles. The van der Waals surface area contributed by atoms with E-state index in [1.54, 1.807) is 0 Å². The van der Waals surface area contributed by atoms with Crippen molar-refractivity contribution < 1.29 is 4.79 Å². The monoisotopic (exact) mass is 199 g/mol. The fraction of sp³-hybridized carbons (Fsp3) is 0.917. The van der Waals surface area contributed by atoms with Crippen molar-refractivity contribution in [2.75, 3.05) is 13.1 Å². The molecule has 0 aromatic rings. The summed E-state index contributed by atoms with van der Waals surface area (Å²) in [5.74, 6) is 0.365. The standard InChI is InChI=1S/C12H25NO/c1-7-10(13(8-2)9-3)11(14)12(4,5)6/h10H,7-9H2,1-6H3/t10-/m0/s1. The topological polar surface area (TPSA) is 20.3 Å². The quantitative estimate of drug-likeness (QED) is 0.678. The van der Waals surface area contributed by atoms with E-state index in [1.165, 1.54) is 0 Å². The highest BCUT2D eigenvalue weighted by atomic mass is 16.1. The van der Waals surface area contributed by atoms with Crippen molar-refractivity contribution in [3.05, 3.63) is 0 Å². The molecule has 0 unspecified atom stereocenters. The Morgan fingerprint density at radius 3 is 1.79 bits per heavy atom. The normalized spacial score (nSPS) is 14.5. The van der Waals surface area contributed by atoms with Crippen LogP contribution in [-0.4, -0.2) is 29.8 Å². The Bertz CT molecular complexity index is 177. The zero-order chi connectivity index (χ0) is 11.4. The zero-order valence-corrected chi connectivity index (χ0v) is 10.6. The molecule has 0 aliphatic heterocycles. The number of carbonyl (C=O) groups excluding carboxylic acids is 1. The van der Waals surface area contributed by atoms with Crippen molar-refractivity contribution in [1.82, 2.24) is 4.90 Å². The van der Waals surface area contributed by atoms with Crippen LogP contribution in [0.5, 0.6) is 0 Å². The van der Waals surface area contributed by atoms with Crippen molar-refractivity contribution >= 4 is 5.78 Å². The number of Topliss-reactive ketones (excluding diaryl/α,β-unsaturated/α-hetero) is 1. The summed E-state index contributed by atoms with van der Waals surface area (Å²) >= 11 is 0. The predicted molar refractivity (Wildman–Crippen MR) is 61.5 cm³/mol. The van der Waals surface area contributed by atoms with E-state index in [0.717, 1.165) is 19.5 Å². The molecule has 0 fully saturated rings. The first-order chi connectivity index (χ1) is 6.38. The summed E-state index contributed by atoms with van der Waals surface area (Å²) in [6, 6.07) is 0.102. The molecule has 0 aliphatic carbocycles. The largest absolute Gasteiger partial charge is 0.297 e. The second-order valence-electron chi connectivity index (χ2n) is 4.76. The molecule has 0 saturated heterocycles. The fourth-order valence-electron chi connectivity index (χ4n) is 1.77. The van der Waals surface area contributed by atoms with E-state index in [2.05, 4.69) is 25.7 Å². The van der Waals surface area contributed by atoms with Crippen LogP contribution in [-0.2, 0) is 4.79 Å². The van der Waals surface area contributed by atoms with E-state index < -0.39 is 0 Å². The maximum atomic E-state index is 12.1. The van der Waals surface area contributed by atoms with E-state index in [9.17, 15) is 4.79 Å². The molecule has 14 heavy (non-hydrogen) atoms. The van der Waals surface area contributed by atoms with Gasteiger partial charge in [0, 0.05) is 5.41 Å². The van der Waals surface area contributed by atoms with Gasteiger partial charge in [0.05, 0.1) is 6.04 Å². The second-order valence-corrected chi connectivity index (χ2v) is 4.76. The lowest BCUT2D eigenvalue weighted by atomic mass is 9.85. The number of hydrogen-bond acceptors (Lipinski definition) is 2. The highest BCUT2D eigenvalue weighted by Crippen LogP contribution is 2.21. The maximum absolute atomic E-state index is 12.1. The van der Waals surface area contributed by atoms with Crippen LogP contribution in [0.15, 0.2) is 0 Å². The molecule has 0 aromatic heterocycles. The Morgan fingerprint density at radius 2 is 1.57 bits per heavy atom. The first-order valence-electron chi connectivity index (χ1n) is 5.66. The van der Waals surface area contributed by atoms with Crippen LogP contribution in [0, 0.1) is 5.41 Å². The van der Waals surface area contributed by atoms with Crippen molar-refractivity contribution in [3.63, 3.8) is 0 Å². The van der Waals surface area contributed by atoms with Crippen LogP contribution in [0.25, 0.3) is 0 Å². The molecule has 0 aliphatic rings. The van der Waals surface area contributed by atoms with Crippen molar-refractivity contribution in [2.24, 2.45) is 5.41 Å². The molecule has 0 amide bonds. The van der Waals surface area contributed by atoms with Gasteiger partial charge < -0.3 is 0 Å².